The molecule has 0 spiro atoms. The zero-order chi connectivity index (χ0) is 15.2. The second-order valence-electron chi connectivity index (χ2n) is 5.76. The molecular weight excluding hydrogens is 258 g/mol. The van der Waals surface area contributed by atoms with Gasteiger partial charge in [0.2, 0.25) is 0 Å². The van der Waals surface area contributed by atoms with Crippen molar-refractivity contribution in [2.75, 3.05) is 7.05 Å². The van der Waals surface area contributed by atoms with Crippen LogP contribution in [-0.4, -0.2) is 13.1 Å². The summed E-state index contributed by atoms with van der Waals surface area (Å²) in [5.41, 5.74) is 5.13. The van der Waals surface area contributed by atoms with Gasteiger partial charge in [0, 0.05) is 6.04 Å². The third kappa shape index (κ3) is 4.61. The van der Waals surface area contributed by atoms with Gasteiger partial charge in [0.05, 0.1) is 0 Å². The molecule has 0 aliphatic rings. The van der Waals surface area contributed by atoms with E-state index in [-0.39, 0.29) is 0 Å². The number of likely N-dealkylation sites (N-methyl/N-ethyl adjacent to an activating group) is 1. The Hall–Kier alpha value is -1.80. The highest BCUT2D eigenvalue weighted by atomic mass is 16.5. The van der Waals surface area contributed by atoms with Crippen molar-refractivity contribution < 1.29 is 4.74 Å². The summed E-state index contributed by atoms with van der Waals surface area (Å²) in [5, 5.41) is 3.25. The lowest BCUT2D eigenvalue weighted by Gasteiger charge is -2.12. The largest absolute Gasteiger partial charge is 0.489 e. The van der Waals surface area contributed by atoms with Crippen LogP contribution >= 0.6 is 0 Å². The van der Waals surface area contributed by atoms with Gasteiger partial charge in [0.25, 0.3) is 0 Å². The van der Waals surface area contributed by atoms with Crippen molar-refractivity contribution in [3.63, 3.8) is 0 Å². The number of hydrogen-bond donors (Lipinski definition) is 1. The van der Waals surface area contributed by atoms with Gasteiger partial charge in [-0.2, -0.15) is 0 Å². The smallest absolute Gasteiger partial charge is 0.119 e. The predicted octanol–water partition coefficient (Wildman–Crippen LogP) is 4.03. The fourth-order valence-electron chi connectivity index (χ4n) is 2.29. The number of benzene rings is 2. The van der Waals surface area contributed by atoms with Gasteiger partial charge >= 0.3 is 0 Å². The predicted molar refractivity (Wildman–Crippen MR) is 88.9 cm³/mol. The maximum atomic E-state index is 5.90. The van der Waals surface area contributed by atoms with Crippen molar-refractivity contribution >= 4 is 0 Å². The highest BCUT2D eigenvalue weighted by Crippen LogP contribution is 2.17. The molecule has 2 aromatic carbocycles. The summed E-state index contributed by atoms with van der Waals surface area (Å²) in [5.74, 6) is 0.928. The Labute approximate surface area is 128 Å². The standard InChI is InChI=1S/C19H25NO/c1-14-5-6-15(2)18(11-14)13-21-19-9-7-17(8-10-19)12-16(3)20-4/h5-11,16,20H,12-13H2,1-4H3. The first-order chi connectivity index (χ1) is 10.1. The maximum Gasteiger partial charge on any atom is 0.119 e. The molecule has 2 rings (SSSR count). The zero-order valence-electron chi connectivity index (χ0n) is 13.4. The Kier molecular flexibility index (Phi) is 5.40. The van der Waals surface area contributed by atoms with Crippen molar-refractivity contribution in [1.82, 2.24) is 5.32 Å². The molecule has 0 amide bonds. The lowest BCUT2D eigenvalue weighted by molar-refractivity contribution is 0.305. The quantitative estimate of drug-likeness (QED) is 0.864. The normalized spacial score (nSPS) is 12.2. The van der Waals surface area contributed by atoms with Crippen molar-refractivity contribution in [3.05, 3.63) is 64.7 Å². The van der Waals surface area contributed by atoms with Gasteiger partial charge in [-0.15, -0.1) is 0 Å². The topological polar surface area (TPSA) is 21.3 Å². The number of hydrogen-bond acceptors (Lipinski definition) is 2. The minimum atomic E-state index is 0.492. The average molecular weight is 283 g/mol. The van der Waals surface area contributed by atoms with Crippen LogP contribution in [0.2, 0.25) is 0 Å². The van der Waals surface area contributed by atoms with Crippen LogP contribution in [-0.2, 0) is 13.0 Å². The Morgan fingerprint density at radius 2 is 1.76 bits per heavy atom. The number of ether oxygens (including phenoxy) is 1. The third-order valence-corrected chi connectivity index (χ3v) is 3.86. The first-order valence-corrected chi connectivity index (χ1v) is 7.53. The van der Waals surface area contributed by atoms with E-state index in [2.05, 4.69) is 68.6 Å². The van der Waals surface area contributed by atoms with E-state index in [9.17, 15) is 0 Å². The molecule has 0 saturated heterocycles. The number of nitrogens with one attached hydrogen (secondary N) is 1. The molecular formula is C19H25NO. The molecule has 0 heterocycles. The van der Waals surface area contributed by atoms with Crippen molar-refractivity contribution in [2.45, 2.75) is 39.8 Å². The van der Waals surface area contributed by atoms with E-state index < -0.39 is 0 Å². The van der Waals surface area contributed by atoms with Gasteiger partial charge < -0.3 is 10.1 Å². The van der Waals surface area contributed by atoms with Gasteiger partial charge in [-0.25, -0.2) is 0 Å². The average Bonchev–Trinajstić information content (AvgIpc) is 2.49. The van der Waals surface area contributed by atoms with E-state index in [1.54, 1.807) is 0 Å². The van der Waals surface area contributed by atoms with E-state index in [0.717, 1.165) is 12.2 Å². The maximum absolute atomic E-state index is 5.90. The molecule has 0 aromatic heterocycles. The van der Waals surface area contributed by atoms with Gasteiger partial charge in [0.15, 0.2) is 0 Å². The zero-order valence-corrected chi connectivity index (χ0v) is 13.4. The Morgan fingerprint density at radius 3 is 2.43 bits per heavy atom. The van der Waals surface area contributed by atoms with Gasteiger partial charge in [0.1, 0.15) is 12.4 Å². The minimum Gasteiger partial charge on any atom is -0.489 e. The van der Waals surface area contributed by atoms with Crippen LogP contribution in [0.4, 0.5) is 0 Å². The monoisotopic (exact) mass is 283 g/mol. The van der Waals surface area contributed by atoms with Crippen LogP contribution in [0.25, 0.3) is 0 Å². The molecule has 21 heavy (non-hydrogen) atoms. The summed E-state index contributed by atoms with van der Waals surface area (Å²) in [6, 6.07) is 15.4. The van der Waals surface area contributed by atoms with Crippen LogP contribution in [0.5, 0.6) is 5.75 Å². The van der Waals surface area contributed by atoms with Crippen LogP contribution in [0, 0.1) is 13.8 Å². The summed E-state index contributed by atoms with van der Waals surface area (Å²) in [7, 11) is 1.99. The van der Waals surface area contributed by atoms with Crippen molar-refractivity contribution in [2.24, 2.45) is 0 Å². The molecule has 0 saturated carbocycles. The molecule has 0 aliphatic heterocycles. The summed E-state index contributed by atoms with van der Waals surface area (Å²) >= 11 is 0. The van der Waals surface area contributed by atoms with Crippen LogP contribution in [0.15, 0.2) is 42.5 Å². The molecule has 2 nitrogen and oxygen atoms in total. The molecule has 2 heteroatoms. The van der Waals surface area contributed by atoms with Crippen LogP contribution in [0.1, 0.15) is 29.2 Å². The summed E-state index contributed by atoms with van der Waals surface area (Å²) in [4.78, 5) is 0. The van der Waals surface area contributed by atoms with E-state index in [0.29, 0.717) is 12.6 Å². The first-order valence-electron chi connectivity index (χ1n) is 7.53. The second-order valence-corrected chi connectivity index (χ2v) is 5.76. The minimum absolute atomic E-state index is 0.492. The molecule has 112 valence electrons. The second kappa shape index (κ2) is 7.28. The molecule has 1 unspecified atom stereocenters. The van der Waals surface area contributed by atoms with Crippen molar-refractivity contribution in [1.29, 1.82) is 0 Å². The molecule has 2 aromatic rings. The highest BCUT2D eigenvalue weighted by molar-refractivity contribution is 5.32. The molecule has 1 N–H and O–H groups in total. The number of rotatable bonds is 6. The molecule has 0 fully saturated rings. The van der Waals surface area contributed by atoms with Crippen LogP contribution < -0.4 is 10.1 Å². The number of aryl methyl sites for hydroxylation is 2. The lowest BCUT2D eigenvalue weighted by atomic mass is 10.1. The fraction of sp³-hybridized carbons (Fsp3) is 0.368. The van der Waals surface area contributed by atoms with Crippen molar-refractivity contribution in [3.8, 4) is 5.75 Å². The molecule has 1 atom stereocenters. The van der Waals surface area contributed by atoms with Crippen LogP contribution in [0.3, 0.4) is 0 Å². The fourth-order valence-corrected chi connectivity index (χ4v) is 2.29. The van der Waals surface area contributed by atoms with E-state index in [1.165, 1.54) is 22.3 Å². The summed E-state index contributed by atoms with van der Waals surface area (Å²) in [6.07, 6.45) is 1.04. The van der Waals surface area contributed by atoms with Gasteiger partial charge in [-0.1, -0.05) is 35.9 Å². The van der Waals surface area contributed by atoms with Gasteiger partial charge in [-0.05, 0) is 63.1 Å². The summed E-state index contributed by atoms with van der Waals surface area (Å²) in [6.45, 7) is 7.05. The molecule has 0 radical (unpaired) electrons. The van der Waals surface area contributed by atoms with E-state index in [4.69, 9.17) is 4.74 Å². The first kappa shape index (κ1) is 15.6. The Bertz CT molecular complexity index is 575. The lowest BCUT2D eigenvalue weighted by Crippen LogP contribution is -2.23. The SMILES string of the molecule is CNC(C)Cc1ccc(OCc2cc(C)ccc2C)cc1. The summed E-state index contributed by atoms with van der Waals surface area (Å²) < 4.78 is 5.90. The Balaban J connectivity index is 1.96. The van der Waals surface area contributed by atoms with Gasteiger partial charge in [-0.3, -0.25) is 0 Å². The molecule has 0 aliphatic carbocycles. The highest BCUT2D eigenvalue weighted by Gasteiger charge is 2.03. The van der Waals surface area contributed by atoms with E-state index >= 15 is 0 Å². The third-order valence-electron chi connectivity index (χ3n) is 3.86. The van der Waals surface area contributed by atoms with E-state index in [1.807, 2.05) is 7.05 Å². The Morgan fingerprint density at radius 1 is 1.05 bits per heavy atom. The molecule has 0 bridgehead atoms.